The van der Waals surface area contributed by atoms with E-state index in [1.54, 1.807) is 6.07 Å². The molecule has 0 amide bonds. The molecule has 108 valence electrons. The lowest BCUT2D eigenvalue weighted by Crippen LogP contribution is -2.34. The number of hydrogen-bond acceptors (Lipinski definition) is 1. The van der Waals surface area contributed by atoms with E-state index in [2.05, 4.69) is 26.1 Å². The van der Waals surface area contributed by atoms with Gasteiger partial charge in [-0.25, -0.2) is 8.78 Å². The number of benzene rings is 1. The Balaban J connectivity index is 2.00. The van der Waals surface area contributed by atoms with E-state index in [1.165, 1.54) is 11.6 Å². The second kappa shape index (κ2) is 5.75. The second-order valence-corrected chi connectivity index (χ2v) is 6.04. The molecule has 0 saturated carbocycles. The molecule has 0 spiro atoms. The van der Waals surface area contributed by atoms with Crippen LogP contribution in [0.5, 0.6) is 0 Å². The Morgan fingerprint density at radius 1 is 1.05 bits per heavy atom. The Bertz CT molecular complexity index is 582. The maximum absolute atomic E-state index is 13.1. The van der Waals surface area contributed by atoms with E-state index in [4.69, 9.17) is 0 Å². The van der Waals surface area contributed by atoms with Crippen molar-refractivity contribution in [2.45, 2.75) is 39.4 Å². The minimum absolute atomic E-state index is 0.0716. The van der Waals surface area contributed by atoms with Gasteiger partial charge in [0.1, 0.15) is 0 Å². The summed E-state index contributed by atoms with van der Waals surface area (Å²) in [7, 11) is 0. The first-order valence-corrected chi connectivity index (χ1v) is 6.67. The first-order valence-electron chi connectivity index (χ1n) is 6.67. The average molecular weight is 278 g/mol. The number of nitrogens with one attached hydrogen (secondary N) is 1. The summed E-state index contributed by atoms with van der Waals surface area (Å²) in [5, 5.41) is 3.41. The predicted molar refractivity (Wildman–Crippen MR) is 76.5 cm³/mol. The highest BCUT2D eigenvalue weighted by molar-refractivity contribution is 5.19. The standard InChI is InChI=1S/C16H20F2N2/c1-16(2,3)19-9-13-6-7-20(11-13)10-12-4-5-14(17)15(18)8-12/h4-8,11,19H,9-10H2,1-3H3. The van der Waals surface area contributed by atoms with Gasteiger partial charge >= 0.3 is 0 Å². The van der Waals surface area contributed by atoms with Crippen molar-refractivity contribution in [2.75, 3.05) is 0 Å². The van der Waals surface area contributed by atoms with Crippen molar-refractivity contribution >= 4 is 0 Å². The van der Waals surface area contributed by atoms with Crippen molar-refractivity contribution in [3.63, 3.8) is 0 Å². The average Bonchev–Trinajstić information content (AvgIpc) is 2.78. The van der Waals surface area contributed by atoms with Crippen molar-refractivity contribution < 1.29 is 8.78 Å². The summed E-state index contributed by atoms with van der Waals surface area (Å²) in [6.07, 6.45) is 3.96. The summed E-state index contributed by atoms with van der Waals surface area (Å²) < 4.78 is 28.0. The molecule has 2 aromatic rings. The molecule has 1 N–H and O–H groups in total. The van der Waals surface area contributed by atoms with E-state index in [0.29, 0.717) is 6.54 Å². The first kappa shape index (κ1) is 14.7. The molecule has 0 aliphatic heterocycles. The maximum atomic E-state index is 13.1. The minimum Gasteiger partial charge on any atom is -0.350 e. The Morgan fingerprint density at radius 2 is 1.80 bits per heavy atom. The maximum Gasteiger partial charge on any atom is 0.159 e. The van der Waals surface area contributed by atoms with E-state index in [0.717, 1.165) is 18.2 Å². The summed E-state index contributed by atoms with van der Waals surface area (Å²) >= 11 is 0. The fourth-order valence-corrected chi connectivity index (χ4v) is 1.91. The van der Waals surface area contributed by atoms with E-state index < -0.39 is 11.6 Å². The van der Waals surface area contributed by atoms with Gasteiger partial charge in [0.15, 0.2) is 11.6 Å². The van der Waals surface area contributed by atoms with Gasteiger partial charge in [-0.2, -0.15) is 0 Å². The molecular formula is C16H20F2N2. The zero-order valence-corrected chi connectivity index (χ0v) is 12.1. The molecular weight excluding hydrogens is 258 g/mol. The third kappa shape index (κ3) is 4.17. The van der Waals surface area contributed by atoms with Crippen molar-refractivity contribution in [1.29, 1.82) is 0 Å². The van der Waals surface area contributed by atoms with Gasteiger partial charge in [-0.3, -0.25) is 0 Å². The third-order valence-corrected chi connectivity index (χ3v) is 2.98. The minimum atomic E-state index is -0.809. The highest BCUT2D eigenvalue weighted by Crippen LogP contribution is 2.12. The monoisotopic (exact) mass is 278 g/mol. The fourth-order valence-electron chi connectivity index (χ4n) is 1.91. The van der Waals surface area contributed by atoms with E-state index >= 15 is 0 Å². The van der Waals surface area contributed by atoms with Gasteiger partial charge in [-0.15, -0.1) is 0 Å². The fraction of sp³-hybridized carbons (Fsp3) is 0.375. The molecule has 2 rings (SSSR count). The largest absolute Gasteiger partial charge is 0.350 e. The van der Waals surface area contributed by atoms with Gasteiger partial charge in [-0.1, -0.05) is 6.07 Å². The molecule has 1 aromatic heterocycles. The van der Waals surface area contributed by atoms with Crippen LogP contribution in [0.2, 0.25) is 0 Å². The first-order chi connectivity index (χ1) is 9.33. The topological polar surface area (TPSA) is 17.0 Å². The molecule has 2 nitrogen and oxygen atoms in total. The Hall–Kier alpha value is -1.68. The number of rotatable bonds is 4. The molecule has 1 aromatic carbocycles. The number of halogens is 2. The van der Waals surface area contributed by atoms with E-state index in [-0.39, 0.29) is 5.54 Å². The van der Waals surface area contributed by atoms with Gasteiger partial charge in [-0.05, 0) is 50.1 Å². The van der Waals surface area contributed by atoms with Gasteiger partial charge in [0.25, 0.3) is 0 Å². The van der Waals surface area contributed by atoms with Crippen LogP contribution in [0.1, 0.15) is 31.9 Å². The van der Waals surface area contributed by atoms with Gasteiger partial charge in [0, 0.05) is 31.0 Å². The van der Waals surface area contributed by atoms with Crippen LogP contribution < -0.4 is 5.32 Å². The summed E-state index contributed by atoms with van der Waals surface area (Å²) in [6.45, 7) is 7.67. The predicted octanol–water partition coefficient (Wildman–Crippen LogP) is 3.70. The highest BCUT2D eigenvalue weighted by atomic mass is 19.2. The molecule has 0 atom stereocenters. The lowest BCUT2D eigenvalue weighted by Gasteiger charge is -2.19. The van der Waals surface area contributed by atoms with Crippen LogP contribution in [-0.4, -0.2) is 10.1 Å². The molecule has 1 heterocycles. The van der Waals surface area contributed by atoms with Crippen LogP contribution in [0.15, 0.2) is 36.7 Å². The van der Waals surface area contributed by atoms with Crippen molar-refractivity contribution in [3.8, 4) is 0 Å². The quantitative estimate of drug-likeness (QED) is 0.902. The summed E-state index contributed by atoms with van der Waals surface area (Å²) in [4.78, 5) is 0. The summed E-state index contributed by atoms with van der Waals surface area (Å²) in [6, 6.07) is 6.03. The molecule has 0 fully saturated rings. The van der Waals surface area contributed by atoms with Gasteiger partial charge in [0.2, 0.25) is 0 Å². The zero-order valence-electron chi connectivity index (χ0n) is 12.1. The van der Waals surface area contributed by atoms with Crippen LogP contribution in [0.3, 0.4) is 0 Å². The van der Waals surface area contributed by atoms with Crippen LogP contribution in [0.4, 0.5) is 8.78 Å². The van der Waals surface area contributed by atoms with Crippen LogP contribution >= 0.6 is 0 Å². The van der Waals surface area contributed by atoms with E-state index in [1.807, 2.05) is 23.0 Å². The number of hydrogen-bond donors (Lipinski definition) is 1. The Morgan fingerprint density at radius 3 is 2.45 bits per heavy atom. The third-order valence-electron chi connectivity index (χ3n) is 2.98. The van der Waals surface area contributed by atoms with Crippen molar-refractivity contribution in [1.82, 2.24) is 9.88 Å². The normalized spacial score (nSPS) is 11.8. The molecule has 20 heavy (non-hydrogen) atoms. The number of aromatic nitrogens is 1. The molecule has 0 bridgehead atoms. The summed E-state index contributed by atoms with van der Waals surface area (Å²) in [5.74, 6) is -1.61. The van der Waals surface area contributed by atoms with Crippen LogP contribution in [-0.2, 0) is 13.1 Å². The lowest BCUT2D eigenvalue weighted by atomic mass is 10.1. The number of nitrogens with zero attached hydrogens (tertiary/aromatic N) is 1. The Kier molecular flexibility index (Phi) is 4.23. The SMILES string of the molecule is CC(C)(C)NCc1ccn(Cc2ccc(F)c(F)c2)c1. The molecule has 0 aliphatic rings. The highest BCUT2D eigenvalue weighted by Gasteiger charge is 2.09. The molecule has 0 radical (unpaired) electrons. The summed E-state index contributed by atoms with van der Waals surface area (Å²) in [5.41, 5.74) is 1.99. The smallest absolute Gasteiger partial charge is 0.159 e. The molecule has 4 heteroatoms. The zero-order chi connectivity index (χ0) is 14.8. The molecule has 0 saturated heterocycles. The van der Waals surface area contributed by atoms with Gasteiger partial charge < -0.3 is 9.88 Å². The lowest BCUT2D eigenvalue weighted by molar-refractivity contribution is 0.424. The van der Waals surface area contributed by atoms with Crippen molar-refractivity contribution in [3.05, 3.63) is 59.4 Å². The van der Waals surface area contributed by atoms with Crippen LogP contribution in [0.25, 0.3) is 0 Å². The van der Waals surface area contributed by atoms with Crippen LogP contribution in [0, 0.1) is 11.6 Å². The van der Waals surface area contributed by atoms with Crippen molar-refractivity contribution in [2.24, 2.45) is 0 Å². The molecule has 0 aliphatic carbocycles. The van der Waals surface area contributed by atoms with E-state index in [9.17, 15) is 8.78 Å². The second-order valence-electron chi connectivity index (χ2n) is 6.04. The Labute approximate surface area is 118 Å². The molecule has 0 unspecified atom stereocenters. The van der Waals surface area contributed by atoms with Gasteiger partial charge in [0.05, 0.1) is 0 Å².